The molecule has 2 aliphatic rings. The van der Waals surface area contributed by atoms with Crippen molar-refractivity contribution in [2.75, 3.05) is 13.1 Å². The molecular formula is C22H25F3N4O4. The summed E-state index contributed by atoms with van der Waals surface area (Å²) in [4.78, 5) is 42.1. The Balaban J connectivity index is 0.000000383. The fourth-order valence-electron chi connectivity index (χ4n) is 3.75. The summed E-state index contributed by atoms with van der Waals surface area (Å²) in [7, 11) is 0. The minimum absolute atomic E-state index is 0.0582. The van der Waals surface area contributed by atoms with Crippen molar-refractivity contribution in [2.24, 2.45) is 0 Å². The van der Waals surface area contributed by atoms with Crippen molar-refractivity contribution in [1.29, 1.82) is 0 Å². The maximum Gasteiger partial charge on any atom is 0.490 e. The molecule has 2 amide bonds. The minimum Gasteiger partial charge on any atom is -0.475 e. The van der Waals surface area contributed by atoms with Gasteiger partial charge >= 0.3 is 12.1 Å². The van der Waals surface area contributed by atoms with Crippen LogP contribution >= 0.6 is 0 Å². The topological polar surface area (TPSA) is 95.7 Å². The van der Waals surface area contributed by atoms with Crippen LogP contribution in [0.4, 0.5) is 13.2 Å². The molecule has 0 atom stereocenters. The molecule has 1 fully saturated rings. The van der Waals surface area contributed by atoms with Gasteiger partial charge in [0.25, 0.3) is 5.91 Å². The van der Waals surface area contributed by atoms with Gasteiger partial charge in [0.1, 0.15) is 0 Å². The van der Waals surface area contributed by atoms with Crippen molar-refractivity contribution in [3.63, 3.8) is 0 Å². The van der Waals surface area contributed by atoms with Crippen molar-refractivity contribution < 1.29 is 32.7 Å². The lowest BCUT2D eigenvalue weighted by molar-refractivity contribution is -0.192. The van der Waals surface area contributed by atoms with Crippen LogP contribution in [0.2, 0.25) is 0 Å². The van der Waals surface area contributed by atoms with E-state index < -0.39 is 12.1 Å². The van der Waals surface area contributed by atoms with E-state index in [2.05, 4.69) is 9.55 Å². The summed E-state index contributed by atoms with van der Waals surface area (Å²) in [6.45, 7) is 5.50. The molecule has 0 bridgehead atoms. The molecule has 0 aliphatic carbocycles. The third-order valence-electron chi connectivity index (χ3n) is 5.54. The molecule has 3 heterocycles. The van der Waals surface area contributed by atoms with Gasteiger partial charge in [0.15, 0.2) is 0 Å². The monoisotopic (exact) mass is 466 g/mol. The lowest BCUT2D eigenvalue weighted by Crippen LogP contribution is -2.31. The maximum absolute atomic E-state index is 12.9. The minimum atomic E-state index is -5.08. The first kappa shape index (κ1) is 24.3. The molecule has 2 aromatic rings. The van der Waals surface area contributed by atoms with Gasteiger partial charge in [0.05, 0.1) is 30.8 Å². The van der Waals surface area contributed by atoms with Crippen molar-refractivity contribution in [3.8, 4) is 0 Å². The van der Waals surface area contributed by atoms with Gasteiger partial charge in [-0.15, -0.1) is 0 Å². The molecule has 1 N–H and O–H groups in total. The predicted octanol–water partition coefficient (Wildman–Crippen LogP) is 2.99. The van der Waals surface area contributed by atoms with E-state index in [-0.39, 0.29) is 11.8 Å². The number of rotatable bonds is 3. The van der Waals surface area contributed by atoms with E-state index in [1.54, 1.807) is 0 Å². The zero-order valence-electron chi connectivity index (χ0n) is 18.1. The molecule has 1 aromatic heterocycles. The second kappa shape index (κ2) is 10.1. The molecule has 178 valence electrons. The van der Waals surface area contributed by atoms with Crippen molar-refractivity contribution >= 4 is 17.8 Å². The van der Waals surface area contributed by atoms with Crippen molar-refractivity contribution in [3.05, 3.63) is 53.1 Å². The lowest BCUT2D eigenvalue weighted by atomic mass is 10.1. The Morgan fingerprint density at radius 1 is 1.09 bits per heavy atom. The third kappa shape index (κ3) is 6.11. The van der Waals surface area contributed by atoms with E-state index in [0.717, 1.165) is 55.0 Å². The second-order valence-corrected chi connectivity index (χ2v) is 8.00. The summed E-state index contributed by atoms with van der Waals surface area (Å²) in [5.74, 6) is -2.50. The number of aromatic nitrogens is 2. The number of aliphatic carboxylic acids is 1. The van der Waals surface area contributed by atoms with E-state index >= 15 is 0 Å². The number of halogens is 3. The van der Waals surface area contributed by atoms with Gasteiger partial charge in [-0.2, -0.15) is 13.2 Å². The molecule has 0 spiro atoms. The van der Waals surface area contributed by atoms with Gasteiger partial charge in [0, 0.05) is 31.6 Å². The molecule has 0 radical (unpaired) electrons. The molecule has 0 unspecified atom stereocenters. The van der Waals surface area contributed by atoms with Crippen LogP contribution in [0, 0.1) is 6.92 Å². The Morgan fingerprint density at radius 2 is 1.76 bits per heavy atom. The zero-order chi connectivity index (χ0) is 24.2. The Kier molecular flexibility index (Phi) is 7.39. The van der Waals surface area contributed by atoms with Gasteiger partial charge in [-0.05, 0) is 31.9 Å². The number of hydrogen-bond donors (Lipinski definition) is 1. The molecule has 0 saturated carbocycles. The Hall–Kier alpha value is -3.37. The number of fused-ring (bicyclic) bond motifs is 1. The van der Waals surface area contributed by atoms with Crippen LogP contribution in [0.3, 0.4) is 0 Å². The first-order chi connectivity index (χ1) is 15.6. The Bertz CT molecular complexity index is 1020. The van der Waals surface area contributed by atoms with Crippen LogP contribution in [0.5, 0.6) is 0 Å². The average molecular weight is 466 g/mol. The first-order valence-electron chi connectivity index (χ1n) is 10.5. The number of carboxylic acid groups (broad SMARTS) is 1. The molecular weight excluding hydrogens is 441 g/mol. The van der Waals surface area contributed by atoms with Gasteiger partial charge < -0.3 is 19.5 Å². The largest absolute Gasteiger partial charge is 0.490 e. The fourth-order valence-corrected chi connectivity index (χ4v) is 3.75. The summed E-state index contributed by atoms with van der Waals surface area (Å²) in [5, 5.41) is 7.12. The number of carbonyl (C=O) groups is 3. The van der Waals surface area contributed by atoms with Crippen LogP contribution in [0.1, 0.15) is 46.6 Å². The Morgan fingerprint density at radius 3 is 2.33 bits per heavy atom. The van der Waals surface area contributed by atoms with Crippen molar-refractivity contribution in [1.82, 2.24) is 19.4 Å². The third-order valence-corrected chi connectivity index (χ3v) is 5.54. The summed E-state index contributed by atoms with van der Waals surface area (Å²) in [6.07, 6.45) is -0.769. The summed E-state index contributed by atoms with van der Waals surface area (Å²) in [5.41, 5.74) is 3.85. The number of carboxylic acids is 1. The van der Waals surface area contributed by atoms with E-state index in [1.807, 2.05) is 47.3 Å². The maximum atomic E-state index is 12.9. The highest BCUT2D eigenvalue weighted by atomic mass is 19.4. The van der Waals surface area contributed by atoms with Crippen LogP contribution < -0.4 is 0 Å². The van der Waals surface area contributed by atoms with Crippen LogP contribution in [-0.2, 0) is 29.2 Å². The normalized spacial score (nSPS) is 16.1. The first-order valence-corrected chi connectivity index (χ1v) is 10.5. The number of aryl methyl sites for hydroxylation is 2. The highest BCUT2D eigenvalue weighted by Gasteiger charge is 2.38. The number of benzene rings is 1. The number of imidazole rings is 1. The standard InChI is InChI=1S/C20H24N4O2.C2HF3O2/c1-15-5-7-16(8-6-15)20(26)23-10-3-11-24-14-21-17(18(24)13-23)12-22-9-2-4-19(22)25;3-2(4,5)1(6)7/h5-8,14H,2-4,9-13H2,1H3;(H,6,7). The highest BCUT2D eigenvalue weighted by molar-refractivity contribution is 5.94. The average Bonchev–Trinajstić information content (AvgIpc) is 3.26. The summed E-state index contributed by atoms with van der Waals surface area (Å²) < 4.78 is 33.9. The van der Waals surface area contributed by atoms with E-state index in [0.29, 0.717) is 19.5 Å². The van der Waals surface area contributed by atoms with Gasteiger partial charge in [0.2, 0.25) is 5.91 Å². The SMILES string of the molecule is Cc1ccc(C(=O)N2CCCn3cnc(CN4CCCC4=O)c3C2)cc1.O=C(O)C(F)(F)F. The van der Waals surface area contributed by atoms with Crippen molar-refractivity contribution in [2.45, 2.75) is 52.0 Å². The fraction of sp³-hybridized carbons (Fsp3) is 0.455. The highest BCUT2D eigenvalue weighted by Crippen LogP contribution is 2.21. The molecule has 1 saturated heterocycles. The number of carbonyl (C=O) groups excluding carboxylic acids is 2. The second-order valence-electron chi connectivity index (χ2n) is 8.00. The molecule has 1 aromatic carbocycles. The number of alkyl halides is 3. The Labute approximate surface area is 188 Å². The summed E-state index contributed by atoms with van der Waals surface area (Å²) in [6, 6.07) is 7.73. The predicted molar refractivity (Wildman–Crippen MR) is 111 cm³/mol. The van der Waals surface area contributed by atoms with Crippen LogP contribution in [0.25, 0.3) is 0 Å². The van der Waals surface area contributed by atoms with E-state index in [9.17, 15) is 22.8 Å². The molecule has 4 rings (SSSR count). The lowest BCUT2D eigenvalue weighted by Gasteiger charge is -2.22. The quantitative estimate of drug-likeness (QED) is 0.751. The van der Waals surface area contributed by atoms with Crippen LogP contribution in [-0.4, -0.2) is 61.5 Å². The number of likely N-dealkylation sites (tertiary alicyclic amines) is 1. The number of nitrogens with zero attached hydrogens (tertiary/aromatic N) is 4. The van der Waals surface area contributed by atoms with Gasteiger partial charge in [-0.3, -0.25) is 9.59 Å². The molecule has 2 aliphatic heterocycles. The smallest absolute Gasteiger partial charge is 0.475 e. The van der Waals surface area contributed by atoms with E-state index in [4.69, 9.17) is 9.90 Å². The van der Waals surface area contributed by atoms with Gasteiger partial charge in [-0.1, -0.05) is 17.7 Å². The number of amides is 2. The number of hydrogen-bond acceptors (Lipinski definition) is 4. The summed E-state index contributed by atoms with van der Waals surface area (Å²) >= 11 is 0. The van der Waals surface area contributed by atoms with E-state index in [1.165, 1.54) is 0 Å². The van der Waals surface area contributed by atoms with Gasteiger partial charge in [-0.25, -0.2) is 9.78 Å². The van der Waals surface area contributed by atoms with Crippen LogP contribution in [0.15, 0.2) is 30.6 Å². The molecule has 33 heavy (non-hydrogen) atoms. The molecule has 8 nitrogen and oxygen atoms in total. The zero-order valence-corrected chi connectivity index (χ0v) is 18.1. The molecule has 11 heteroatoms.